The van der Waals surface area contributed by atoms with Gasteiger partial charge < -0.3 is 10.6 Å². The fourth-order valence-corrected chi connectivity index (χ4v) is 1.75. The third-order valence-electron chi connectivity index (χ3n) is 2.88. The Morgan fingerprint density at radius 1 is 1.47 bits per heavy atom. The normalized spacial score (nSPS) is 12.5. The molecule has 0 aliphatic rings. The van der Waals surface area contributed by atoms with Gasteiger partial charge in [0, 0.05) is 19.8 Å². The largest absolute Gasteiger partial charge is 0.340 e. The zero-order valence-corrected chi connectivity index (χ0v) is 10.8. The SMILES string of the molecule is CC(C)C(CN)C(=O)N(C)Cc1ccccn1. The summed E-state index contributed by atoms with van der Waals surface area (Å²) in [6.07, 6.45) is 1.73. The fraction of sp³-hybridized carbons (Fsp3) is 0.538. The summed E-state index contributed by atoms with van der Waals surface area (Å²) in [5.74, 6) is 0.246. The van der Waals surface area contributed by atoms with Crippen LogP contribution in [0.3, 0.4) is 0 Å². The number of hydrogen-bond donors (Lipinski definition) is 1. The number of amides is 1. The smallest absolute Gasteiger partial charge is 0.227 e. The van der Waals surface area contributed by atoms with Gasteiger partial charge in [-0.3, -0.25) is 9.78 Å². The number of rotatable bonds is 5. The minimum Gasteiger partial charge on any atom is -0.340 e. The van der Waals surface area contributed by atoms with Crippen molar-refractivity contribution in [3.63, 3.8) is 0 Å². The van der Waals surface area contributed by atoms with E-state index in [-0.39, 0.29) is 17.7 Å². The Morgan fingerprint density at radius 2 is 2.18 bits per heavy atom. The van der Waals surface area contributed by atoms with E-state index in [1.165, 1.54) is 0 Å². The van der Waals surface area contributed by atoms with E-state index < -0.39 is 0 Å². The lowest BCUT2D eigenvalue weighted by Crippen LogP contribution is -2.39. The molecule has 0 aliphatic carbocycles. The van der Waals surface area contributed by atoms with Crippen LogP contribution in [0.5, 0.6) is 0 Å². The molecular weight excluding hydrogens is 214 g/mol. The van der Waals surface area contributed by atoms with Crippen LogP contribution >= 0.6 is 0 Å². The molecule has 2 N–H and O–H groups in total. The molecule has 0 saturated heterocycles. The maximum atomic E-state index is 12.1. The number of carbonyl (C=O) groups is 1. The van der Waals surface area contributed by atoms with Crippen LogP contribution in [0, 0.1) is 11.8 Å². The van der Waals surface area contributed by atoms with Crippen molar-refractivity contribution >= 4 is 5.91 Å². The molecular formula is C13H21N3O. The van der Waals surface area contributed by atoms with Crippen molar-refractivity contribution in [2.75, 3.05) is 13.6 Å². The summed E-state index contributed by atoms with van der Waals surface area (Å²) in [6.45, 7) is 4.96. The molecule has 4 nitrogen and oxygen atoms in total. The average molecular weight is 235 g/mol. The Morgan fingerprint density at radius 3 is 2.65 bits per heavy atom. The molecule has 1 aromatic heterocycles. The van der Waals surface area contributed by atoms with E-state index in [2.05, 4.69) is 4.98 Å². The lowest BCUT2D eigenvalue weighted by molar-refractivity contribution is -0.135. The van der Waals surface area contributed by atoms with Crippen molar-refractivity contribution in [1.29, 1.82) is 0 Å². The van der Waals surface area contributed by atoms with Crippen LogP contribution < -0.4 is 5.73 Å². The predicted molar refractivity (Wildman–Crippen MR) is 68.1 cm³/mol. The zero-order valence-electron chi connectivity index (χ0n) is 10.8. The van der Waals surface area contributed by atoms with E-state index >= 15 is 0 Å². The molecule has 0 spiro atoms. The average Bonchev–Trinajstić information content (AvgIpc) is 2.30. The highest BCUT2D eigenvalue weighted by molar-refractivity contribution is 5.79. The summed E-state index contributed by atoms with van der Waals surface area (Å²) in [4.78, 5) is 18.0. The molecule has 1 heterocycles. The van der Waals surface area contributed by atoms with Gasteiger partial charge in [-0.05, 0) is 18.1 Å². The minimum atomic E-state index is -0.108. The van der Waals surface area contributed by atoms with Crippen LogP contribution in [0.4, 0.5) is 0 Å². The highest BCUT2D eigenvalue weighted by atomic mass is 16.2. The Hall–Kier alpha value is -1.42. The van der Waals surface area contributed by atoms with Gasteiger partial charge in [-0.2, -0.15) is 0 Å². The first-order chi connectivity index (χ1) is 8.06. The van der Waals surface area contributed by atoms with Gasteiger partial charge in [-0.15, -0.1) is 0 Å². The second-order valence-corrected chi connectivity index (χ2v) is 4.60. The molecule has 1 atom stereocenters. The molecule has 1 unspecified atom stereocenters. The van der Waals surface area contributed by atoms with Gasteiger partial charge in [0.2, 0.25) is 5.91 Å². The Balaban J connectivity index is 2.64. The molecule has 17 heavy (non-hydrogen) atoms. The van der Waals surface area contributed by atoms with Gasteiger partial charge in [-0.1, -0.05) is 19.9 Å². The van der Waals surface area contributed by atoms with Gasteiger partial charge in [0.15, 0.2) is 0 Å². The first-order valence-electron chi connectivity index (χ1n) is 5.91. The van der Waals surface area contributed by atoms with E-state index in [4.69, 9.17) is 5.73 Å². The highest BCUT2D eigenvalue weighted by Gasteiger charge is 2.23. The van der Waals surface area contributed by atoms with Crippen molar-refractivity contribution in [2.45, 2.75) is 20.4 Å². The molecule has 0 aromatic carbocycles. The lowest BCUT2D eigenvalue weighted by atomic mass is 9.94. The molecule has 1 amide bonds. The maximum absolute atomic E-state index is 12.1. The molecule has 0 bridgehead atoms. The molecule has 94 valence electrons. The summed E-state index contributed by atoms with van der Waals surface area (Å²) in [5, 5.41) is 0. The number of nitrogens with two attached hydrogens (primary N) is 1. The van der Waals surface area contributed by atoms with Gasteiger partial charge >= 0.3 is 0 Å². The van der Waals surface area contributed by atoms with Gasteiger partial charge in [0.25, 0.3) is 0 Å². The van der Waals surface area contributed by atoms with Gasteiger partial charge in [0.05, 0.1) is 18.2 Å². The predicted octanol–water partition coefficient (Wildman–Crippen LogP) is 1.27. The summed E-state index contributed by atoms with van der Waals surface area (Å²) >= 11 is 0. The summed E-state index contributed by atoms with van der Waals surface area (Å²) in [7, 11) is 1.79. The van der Waals surface area contributed by atoms with Crippen LogP contribution in [-0.2, 0) is 11.3 Å². The topological polar surface area (TPSA) is 59.2 Å². The van der Waals surface area contributed by atoms with E-state index in [0.29, 0.717) is 13.1 Å². The Labute approximate surface area is 103 Å². The first kappa shape index (κ1) is 13.6. The van der Waals surface area contributed by atoms with Crippen LogP contribution in [0.15, 0.2) is 24.4 Å². The summed E-state index contributed by atoms with van der Waals surface area (Å²) < 4.78 is 0. The van der Waals surface area contributed by atoms with Crippen LogP contribution in [0.25, 0.3) is 0 Å². The van der Waals surface area contributed by atoms with Gasteiger partial charge in [-0.25, -0.2) is 0 Å². The van der Waals surface area contributed by atoms with E-state index in [1.54, 1.807) is 18.1 Å². The first-order valence-corrected chi connectivity index (χ1v) is 5.91. The number of carbonyl (C=O) groups excluding carboxylic acids is 1. The quantitative estimate of drug-likeness (QED) is 0.836. The molecule has 0 aliphatic heterocycles. The van der Waals surface area contributed by atoms with Gasteiger partial charge in [0.1, 0.15) is 0 Å². The number of hydrogen-bond acceptors (Lipinski definition) is 3. The lowest BCUT2D eigenvalue weighted by Gasteiger charge is -2.25. The van der Waals surface area contributed by atoms with Crippen molar-refractivity contribution < 1.29 is 4.79 Å². The Bertz CT molecular complexity index is 351. The molecule has 0 saturated carbocycles. The monoisotopic (exact) mass is 235 g/mol. The molecule has 4 heteroatoms. The standard InChI is InChI=1S/C13H21N3O/c1-10(2)12(8-14)13(17)16(3)9-11-6-4-5-7-15-11/h4-7,10,12H,8-9,14H2,1-3H3. The van der Waals surface area contributed by atoms with E-state index in [9.17, 15) is 4.79 Å². The molecule has 0 fully saturated rings. The van der Waals surface area contributed by atoms with E-state index in [1.807, 2.05) is 32.0 Å². The second kappa shape index (κ2) is 6.35. The third kappa shape index (κ3) is 3.82. The highest BCUT2D eigenvalue weighted by Crippen LogP contribution is 2.13. The van der Waals surface area contributed by atoms with Crippen LogP contribution in [-0.4, -0.2) is 29.4 Å². The molecule has 1 aromatic rings. The number of nitrogens with zero attached hydrogens (tertiary/aromatic N) is 2. The van der Waals surface area contributed by atoms with Crippen molar-refractivity contribution in [1.82, 2.24) is 9.88 Å². The summed E-state index contributed by atoms with van der Waals surface area (Å²) in [5.41, 5.74) is 6.53. The summed E-state index contributed by atoms with van der Waals surface area (Å²) in [6, 6.07) is 5.70. The van der Waals surface area contributed by atoms with Crippen molar-refractivity contribution in [3.05, 3.63) is 30.1 Å². The minimum absolute atomic E-state index is 0.0909. The molecule has 0 radical (unpaired) electrons. The fourth-order valence-electron chi connectivity index (χ4n) is 1.75. The van der Waals surface area contributed by atoms with E-state index in [0.717, 1.165) is 5.69 Å². The van der Waals surface area contributed by atoms with Crippen LogP contribution in [0.1, 0.15) is 19.5 Å². The Kier molecular flexibility index (Phi) is 5.10. The van der Waals surface area contributed by atoms with Crippen molar-refractivity contribution in [2.24, 2.45) is 17.6 Å². The number of pyridine rings is 1. The van der Waals surface area contributed by atoms with Crippen molar-refractivity contribution in [3.8, 4) is 0 Å². The van der Waals surface area contributed by atoms with Crippen LogP contribution in [0.2, 0.25) is 0 Å². The maximum Gasteiger partial charge on any atom is 0.227 e. The number of aromatic nitrogens is 1. The zero-order chi connectivity index (χ0) is 12.8. The molecule has 1 rings (SSSR count). The second-order valence-electron chi connectivity index (χ2n) is 4.60. The third-order valence-corrected chi connectivity index (χ3v) is 2.88.